The number of benzene rings is 2. The molecule has 1 amide bonds. The molecule has 5 nitrogen and oxygen atoms in total. The van der Waals surface area contributed by atoms with Gasteiger partial charge in [-0.3, -0.25) is 4.79 Å². The van der Waals surface area contributed by atoms with E-state index in [1.54, 1.807) is 0 Å². The van der Waals surface area contributed by atoms with Crippen LogP contribution in [0.4, 0.5) is 14.5 Å². The summed E-state index contributed by atoms with van der Waals surface area (Å²) in [6.07, 6.45) is 0.711. The molecule has 0 aliphatic heterocycles. The molecule has 0 atom stereocenters. The Balaban J connectivity index is 1.79. The third-order valence-corrected chi connectivity index (χ3v) is 4.66. The monoisotopic (exact) mass is 369 g/mol. The summed E-state index contributed by atoms with van der Waals surface area (Å²) < 4.78 is 52.9. The van der Waals surface area contributed by atoms with Crippen molar-refractivity contribution in [2.24, 2.45) is 0 Å². The predicted molar refractivity (Wildman–Crippen MR) is 89.4 cm³/mol. The highest BCUT2D eigenvalue weighted by Gasteiger charge is 2.26. The van der Waals surface area contributed by atoms with Gasteiger partial charge in [0.15, 0.2) is 0 Å². The van der Waals surface area contributed by atoms with E-state index in [1.165, 1.54) is 12.1 Å². The number of alkyl halides is 2. The second-order valence-electron chi connectivity index (χ2n) is 5.14. The third-order valence-electron chi connectivity index (χ3n) is 3.26. The van der Waals surface area contributed by atoms with Crippen molar-refractivity contribution in [1.82, 2.24) is 0 Å². The van der Waals surface area contributed by atoms with Crippen LogP contribution in [0.5, 0.6) is 5.75 Å². The van der Waals surface area contributed by atoms with Crippen molar-refractivity contribution in [3.63, 3.8) is 0 Å². The summed E-state index contributed by atoms with van der Waals surface area (Å²) in [7, 11) is -4.63. The van der Waals surface area contributed by atoms with E-state index < -0.39 is 20.5 Å². The van der Waals surface area contributed by atoms with Crippen LogP contribution in [-0.2, 0) is 14.6 Å². The number of rotatable bonds is 8. The van der Waals surface area contributed by atoms with Gasteiger partial charge in [-0.15, -0.1) is 0 Å². The number of anilines is 1. The first-order chi connectivity index (χ1) is 11.9. The summed E-state index contributed by atoms with van der Waals surface area (Å²) in [5.74, 6) is -3.03. The molecule has 0 saturated heterocycles. The van der Waals surface area contributed by atoms with Crippen molar-refractivity contribution in [2.45, 2.75) is 23.5 Å². The lowest BCUT2D eigenvalue weighted by Crippen LogP contribution is -2.14. The van der Waals surface area contributed by atoms with E-state index in [4.69, 9.17) is 4.74 Å². The van der Waals surface area contributed by atoms with Crippen LogP contribution in [0.3, 0.4) is 0 Å². The Labute approximate surface area is 144 Å². The van der Waals surface area contributed by atoms with Crippen LogP contribution in [0.1, 0.15) is 12.8 Å². The van der Waals surface area contributed by atoms with E-state index in [0.717, 1.165) is 17.9 Å². The molecule has 0 aliphatic carbocycles. The van der Waals surface area contributed by atoms with Gasteiger partial charge in [-0.25, -0.2) is 8.42 Å². The molecule has 25 heavy (non-hydrogen) atoms. The average molecular weight is 369 g/mol. The van der Waals surface area contributed by atoms with Gasteiger partial charge in [0, 0.05) is 12.1 Å². The Morgan fingerprint density at radius 1 is 1.04 bits per heavy atom. The summed E-state index contributed by atoms with van der Waals surface area (Å²) in [5.41, 5.74) is 0.335. The van der Waals surface area contributed by atoms with Crippen LogP contribution in [0.2, 0.25) is 0 Å². The number of amides is 1. The first kappa shape index (κ1) is 18.9. The third kappa shape index (κ3) is 5.53. The Morgan fingerprint density at radius 3 is 2.28 bits per heavy atom. The normalized spacial score (nSPS) is 11.3. The fourth-order valence-corrected chi connectivity index (χ4v) is 2.71. The van der Waals surface area contributed by atoms with Crippen molar-refractivity contribution in [2.75, 3.05) is 11.9 Å². The molecule has 0 saturated carbocycles. The van der Waals surface area contributed by atoms with Crippen LogP contribution in [0.15, 0.2) is 59.5 Å². The molecule has 0 fully saturated rings. The maximum Gasteiger partial charge on any atom is 0.341 e. The van der Waals surface area contributed by atoms with Gasteiger partial charge in [0.25, 0.3) is 0 Å². The fraction of sp³-hybridized carbons (Fsp3) is 0.235. The smallest absolute Gasteiger partial charge is 0.341 e. The lowest BCUT2D eigenvalue weighted by Gasteiger charge is -2.08. The van der Waals surface area contributed by atoms with Gasteiger partial charge in [0.05, 0.1) is 11.5 Å². The van der Waals surface area contributed by atoms with Gasteiger partial charge in [0.1, 0.15) is 5.75 Å². The molecule has 8 heteroatoms. The van der Waals surface area contributed by atoms with E-state index in [1.807, 2.05) is 30.3 Å². The van der Waals surface area contributed by atoms with Crippen molar-refractivity contribution in [1.29, 1.82) is 0 Å². The first-order valence-corrected chi connectivity index (χ1v) is 9.04. The van der Waals surface area contributed by atoms with Crippen molar-refractivity contribution in [3.05, 3.63) is 54.6 Å². The van der Waals surface area contributed by atoms with Gasteiger partial charge >= 0.3 is 5.76 Å². The Kier molecular flexibility index (Phi) is 6.46. The standard InChI is InChI=1S/C17H17F2NO4S/c18-17(19)25(22,23)15-10-8-13(9-11-15)20-16(21)7-4-12-24-14-5-2-1-3-6-14/h1-3,5-6,8-11,17H,4,7,12H2,(H,20,21). The summed E-state index contributed by atoms with van der Waals surface area (Å²) in [6.45, 7) is 0.378. The van der Waals surface area contributed by atoms with Crippen LogP contribution in [-0.4, -0.2) is 26.7 Å². The van der Waals surface area contributed by atoms with Crippen LogP contribution in [0.25, 0.3) is 0 Å². The topological polar surface area (TPSA) is 72.5 Å². The number of hydrogen-bond donors (Lipinski definition) is 1. The second-order valence-corrected chi connectivity index (χ2v) is 7.06. The molecular weight excluding hydrogens is 352 g/mol. The fourth-order valence-electron chi connectivity index (χ4n) is 1.99. The van der Waals surface area contributed by atoms with E-state index in [0.29, 0.717) is 18.7 Å². The van der Waals surface area contributed by atoms with Crippen LogP contribution < -0.4 is 10.1 Å². The number of halogens is 2. The highest BCUT2D eigenvalue weighted by Crippen LogP contribution is 2.20. The van der Waals surface area contributed by atoms with Gasteiger partial charge in [-0.05, 0) is 42.8 Å². The molecule has 1 N–H and O–H groups in total. The summed E-state index contributed by atoms with van der Waals surface area (Å²) in [6, 6.07) is 13.8. The number of ether oxygens (including phenoxy) is 1. The predicted octanol–water partition coefficient (Wildman–Crippen LogP) is 3.48. The first-order valence-electron chi connectivity index (χ1n) is 7.49. The van der Waals surface area contributed by atoms with E-state index in [-0.39, 0.29) is 12.3 Å². The lowest BCUT2D eigenvalue weighted by molar-refractivity contribution is -0.116. The minimum atomic E-state index is -4.63. The molecule has 0 unspecified atom stereocenters. The SMILES string of the molecule is O=C(CCCOc1ccccc1)Nc1ccc(S(=O)(=O)C(F)F)cc1. The van der Waals surface area contributed by atoms with Crippen LogP contribution >= 0.6 is 0 Å². The number of para-hydroxylation sites is 1. The van der Waals surface area contributed by atoms with Gasteiger partial charge in [-0.2, -0.15) is 8.78 Å². The van der Waals surface area contributed by atoms with Gasteiger partial charge in [-0.1, -0.05) is 18.2 Å². The zero-order valence-electron chi connectivity index (χ0n) is 13.2. The van der Waals surface area contributed by atoms with E-state index in [9.17, 15) is 22.0 Å². The van der Waals surface area contributed by atoms with E-state index in [2.05, 4.69) is 5.32 Å². The second kappa shape index (κ2) is 8.57. The van der Waals surface area contributed by atoms with Gasteiger partial charge < -0.3 is 10.1 Å². The maximum absolute atomic E-state index is 12.4. The zero-order chi connectivity index (χ0) is 18.3. The Hall–Kier alpha value is -2.48. The number of carbonyl (C=O) groups is 1. The molecule has 2 aromatic rings. The highest BCUT2D eigenvalue weighted by atomic mass is 32.2. The minimum Gasteiger partial charge on any atom is -0.494 e. The number of hydrogen-bond acceptors (Lipinski definition) is 4. The Bertz CT molecular complexity index is 793. The molecule has 0 aromatic heterocycles. The molecule has 0 spiro atoms. The number of carbonyl (C=O) groups excluding carboxylic acids is 1. The van der Waals surface area contributed by atoms with Gasteiger partial charge in [0.2, 0.25) is 15.7 Å². The molecule has 0 aliphatic rings. The molecule has 0 heterocycles. The molecule has 2 rings (SSSR count). The molecular formula is C17H17F2NO4S. The quantitative estimate of drug-likeness (QED) is 0.723. The summed E-state index contributed by atoms with van der Waals surface area (Å²) in [4.78, 5) is 11.3. The Morgan fingerprint density at radius 2 is 1.68 bits per heavy atom. The largest absolute Gasteiger partial charge is 0.494 e. The average Bonchev–Trinajstić information content (AvgIpc) is 2.60. The molecule has 134 valence electrons. The molecule has 2 aromatic carbocycles. The summed E-state index contributed by atoms with van der Waals surface area (Å²) in [5, 5.41) is 2.57. The maximum atomic E-state index is 12.4. The minimum absolute atomic E-state index is 0.212. The summed E-state index contributed by atoms with van der Waals surface area (Å²) >= 11 is 0. The van der Waals surface area contributed by atoms with Crippen LogP contribution in [0, 0.1) is 0 Å². The molecule has 0 radical (unpaired) electrons. The lowest BCUT2D eigenvalue weighted by atomic mass is 10.2. The molecule has 0 bridgehead atoms. The van der Waals surface area contributed by atoms with Crippen molar-refractivity contribution in [3.8, 4) is 5.75 Å². The van der Waals surface area contributed by atoms with E-state index >= 15 is 0 Å². The number of nitrogens with one attached hydrogen (secondary N) is 1. The van der Waals surface area contributed by atoms with Crippen molar-refractivity contribution >= 4 is 21.4 Å². The van der Waals surface area contributed by atoms with Crippen molar-refractivity contribution < 1.29 is 26.7 Å². The zero-order valence-corrected chi connectivity index (χ0v) is 14.0. The number of sulfone groups is 1. The highest BCUT2D eigenvalue weighted by molar-refractivity contribution is 7.91.